The monoisotopic (exact) mass is 271 g/mol. The third-order valence-corrected chi connectivity index (χ3v) is 2.62. The van der Waals surface area contributed by atoms with E-state index in [4.69, 9.17) is 9.84 Å². The maximum Gasteiger partial charge on any atom is 0.362 e. The first-order chi connectivity index (χ1) is 9.74. The number of rotatable bonds is 4. The second kappa shape index (κ2) is 4.84. The molecule has 0 aliphatic rings. The van der Waals surface area contributed by atoms with Gasteiger partial charge in [0.1, 0.15) is 5.75 Å². The molecule has 100 valence electrons. The highest BCUT2D eigenvalue weighted by molar-refractivity contribution is 5.87. The number of hydrogen-bond acceptors (Lipinski definition) is 5. The van der Waals surface area contributed by atoms with Gasteiger partial charge in [-0.25, -0.2) is 9.89 Å². The summed E-state index contributed by atoms with van der Waals surface area (Å²) in [6.45, 7) is 0. The van der Waals surface area contributed by atoms with Crippen molar-refractivity contribution in [3.05, 3.63) is 42.4 Å². The van der Waals surface area contributed by atoms with E-state index in [-0.39, 0.29) is 11.6 Å². The Morgan fingerprint density at radius 1 is 1.20 bits per heavy atom. The van der Waals surface area contributed by atoms with E-state index in [1.165, 1.54) is 0 Å². The van der Waals surface area contributed by atoms with Crippen molar-refractivity contribution in [2.24, 2.45) is 0 Å². The number of nitrogens with one attached hydrogen (secondary N) is 2. The third kappa shape index (κ3) is 2.21. The van der Waals surface area contributed by atoms with Gasteiger partial charge in [-0.3, -0.25) is 5.10 Å². The van der Waals surface area contributed by atoms with Gasteiger partial charge in [0.15, 0.2) is 0 Å². The zero-order valence-corrected chi connectivity index (χ0v) is 10.1. The summed E-state index contributed by atoms with van der Waals surface area (Å²) in [7, 11) is 0. The summed E-state index contributed by atoms with van der Waals surface area (Å²) < 4.78 is 5.40. The van der Waals surface area contributed by atoms with Crippen LogP contribution in [0, 0.1) is 0 Å². The van der Waals surface area contributed by atoms with Gasteiger partial charge in [-0.2, -0.15) is 5.10 Å². The van der Waals surface area contributed by atoms with Crippen LogP contribution in [-0.4, -0.2) is 36.7 Å². The van der Waals surface area contributed by atoms with Crippen LogP contribution in [0.15, 0.2) is 36.7 Å². The van der Waals surface area contributed by atoms with Gasteiger partial charge in [0.05, 0.1) is 6.20 Å². The fourth-order valence-electron chi connectivity index (χ4n) is 1.67. The lowest BCUT2D eigenvalue weighted by Gasteiger charge is -2.04. The smallest absolute Gasteiger partial charge is 0.362 e. The Kier molecular flexibility index (Phi) is 2.88. The summed E-state index contributed by atoms with van der Waals surface area (Å²) in [4.78, 5) is 10.9. The molecular weight excluding hydrogens is 262 g/mol. The molecule has 8 nitrogen and oxygen atoms in total. The summed E-state index contributed by atoms with van der Waals surface area (Å²) in [5.41, 5.74) is 1.65. The van der Waals surface area contributed by atoms with Crippen LogP contribution in [-0.2, 0) is 0 Å². The second-order valence-corrected chi connectivity index (χ2v) is 3.91. The lowest BCUT2D eigenvalue weighted by Crippen LogP contribution is -1.99. The predicted molar refractivity (Wildman–Crippen MR) is 67.4 cm³/mol. The Morgan fingerprint density at radius 3 is 2.65 bits per heavy atom. The molecule has 8 heteroatoms. The summed E-state index contributed by atoms with van der Waals surface area (Å²) in [5.74, 6) is -0.733. The average molecular weight is 271 g/mol. The summed E-state index contributed by atoms with van der Waals surface area (Å²) in [6, 6.07) is 7.11. The van der Waals surface area contributed by atoms with Crippen LogP contribution < -0.4 is 4.74 Å². The fourth-order valence-corrected chi connectivity index (χ4v) is 1.67. The average Bonchev–Trinajstić information content (AvgIpc) is 3.10. The first-order valence-electron chi connectivity index (χ1n) is 5.65. The summed E-state index contributed by atoms with van der Waals surface area (Å²) >= 11 is 0. The third-order valence-electron chi connectivity index (χ3n) is 2.62. The van der Waals surface area contributed by atoms with Crippen LogP contribution in [0.25, 0.3) is 11.1 Å². The van der Waals surface area contributed by atoms with Crippen molar-refractivity contribution in [3.8, 4) is 22.8 Å². The van der Waals surface area contributed by atoms with E-state index in [1.807, 2.05) is 12.1 Å². The topological polar surface area (TPSA) is 117 Å². The molecule has 0 fully saturated rings. The fraction of sp³-hybridized carbons (Fsp3) is 0. The number of aromatic amines is 2. The zero-order valence-electron chi connectivity index (χ0n) is 10.1. The number of benzene rings is 1. The Hall–Kier alpha value is -3.16. The van der Waals surface area contributed by atoms with Gasteiger partial charge in [0.25, 0.3) is 5.88 Å². The molecule has 1 aromatic carbocycles. The molecule has 20 heavy (non-hydrogen) atoms. The van der Waals surface area contributed by atoms with Crippen molar-refractivity contribution in [1.29, 1.82) is 0 Å². The lowest BCUT2D eigenvalue weighted by molar-refractivity contribution is 0.0687. The molecule has 2 aromatic heterocycles. The van der Waals surface area contributed by atoms with Crippen LogP contribution >= 0.6 is 0 Å². The minimum Gasteiger partial charge on any atom is -0.476 e. The molecule has 3 rings (SSSR count). The molecule has 0 aliphatic heterocycles. The first kappa shape index (κ1) is 11.9. The molecule has 0 saturated heterocycles. The van der Waals surface area contributed by atoms with Crippen molar-refractivity contribution < 1.29 is 14.6 Å². The molecule has 0 unspecified atom stereocenters. The largest absolute Gasteiger partial charge is 0.476 e. The minimum atomic E-state index is -1.20. The number of aromatic carboxylic acids is 1. The van der Waals surface area contributed by atoms with Crippen molar-refractivity contribution in [3.63, 3.8) is 0 Å². The molecule has 0 bridgehead atoms. The standard InChI is InChI=1S/C12H9N5O3/c18-12(19)10-11(16-17-15-10)20-9-3-1-7(2-4-9)8-5-13-14-6-8/h1-6H,(H,13,14)(H,18,19)(H,15,16,17). The predicted octanol–water partition coefficient (Wildman–Crippen LogP) is 1.69. The maximum atomic E-state index is 10.9. The van der Waals surface area contributed by atoms with Gasteiger partial charge in [-0.15, -0.1) is 5.10 Å². The summed E-state index contributed by atoms with van der Waals surface area (Å²) in [6.07, 6.45) is 3.48. The van der Waals surface area contributed by atoms with Crippen LogP contribution in [0.4, 0.5) is 0 Å². The number of carbonyl (C=O) groups is 1. The van der Waals surface area contributed by atoms with E-state index in [1.54, 1.807) is 24.5 Å². The van der Waals surface area contributed by atoms with E-state index in [9.17, 15) is 4.79 Å². The van der Waals surface area contributed by atoms with Crippen molar-refractivity contribution in [2.75, 3.05) is 0 Å². The quantitative estimate of drug-likeness (QED) is 0.664. The van der Waals surface area contributed by atoms with Crippen molar-refractivity contribution in [1.82, 2.24) is 25.6 Å². The highest BCUT2D eigenvalue weighted by atomic mass is 16.5. The van der Waals surface area contributed by atoms with Crippen molar-refractivity contribution in [2.45, 2.75) is 0 Å². The number of aromatic nitrogens is 5. The first-order valence-corrected chi connectivity index (χ1v) is 5.65. The summed E-state index contributed by atoms with van der Waals surface area (Å²) in [5, 5.41) is 24.7. The highest BCUT2D eigenvalue weighted by Crippen LogP contribution is 2.25. The molecule has 3 N–H and O–H groups in total. The van der Waals surface area contributed by atoms with E-state index in [2.05, 4.69) is 25.6 Å². The number of ether oxygens (including phenoxy) is 1. The molecule has 0 aliphatic carbocycles. The maximum absolute atomic E-state index is 10.9. The van der Waals surface area contributed by atoms with Crippen LogP contribution in [0.2, 0.25) is 0 Å². The normalized spacial score (nSPS) is 10.4. The van der Waals surface area contributed by atoms with Gasteiger partial charge in [0.2, 0.25) is 5.69 Å². The van der Waals surface area contributed by atoms with Gasteiger partial charge >= 0.3 is 5.97 Å². The number of nitrogens with zero attached hydrogens (tertiary/aromatic N) is 3. The zero-order chi connectivity index (χ0) is 13.9. The van der Waals surface area contributed by atoms with Gasteiger partial charge in [-0.1, -0.05) is 17.3 Å². The molecule has 0 spiro atoms. The SMILES string of the molecule is O=C(O)c1nn[nH]c1Oc1ccc(-c2cn[nH]c2)cc1. The number of carboxylic acid groups (broad SMARTS) is 1. The highest BCUT2D eigenvalue weighted by Gasteiger charge is 2.16. The molecule has 0 atom stereocenters. The minimum absolute atomic E-state index is 0.00596. The van der Waals surface area contributed by atoms with Crippen LogP contribution in [0.3, 0.4) is 0 Å². The van der Waals surface area contributed by atoms with E-state index >= 15 is 0 Å². The molecule has 3 aromatic rings. The number of hydrogen-bond donors (Lipinski definition) is 3. The van der Waals surface area contributed by atoms with Crippen LogP contribution in [0.5, 0.6) is 11.6 Å². The van der Waals surface area contributed by atoms with Gasteiger partial charge < -0.3 is 9.84 Å². The molecule has 0 radical (unpaired) electrons. The molecule has 0 saturated carbocycles. The Morgan fingerprint density at radius 2 is 2.00 bits per heavy atom. The number of carboxylic acids is 1. The Balaban J connectivity index is 1.82. The Bertz CT molecular complexity index is 718. The van der Waals surface area contributed by atoms with E-state index in [0.717, 1.165) is 11.1 Å². The molecule has 0 amide bonds. The second-order valence-electron chi connectivity index (χ2n) is 3.91. The lowest BCUT2D eigenvalue weighted by atomic mass is 10.1. The van der Waals surface area contributed by atoms with Crippen molar-refractivity contribution >= 4 is 5.97 Å². The molecular formula is C12H9N5O3. The van der Waals surface area contributed by atoms with Crippen LogP contribution in [0.1, 0.15) is 10.5 Å². The van der Waals surface area contributed by atoms with E-state index < -0.39 is 5.97 Å². The van der Waals surface area contributed by atoms with Gasteiger partial charge in [0, 0.05) is 11.8 Å². The van der Waals surface area contributed by atoms with E-state index in [0.29, 0.717) is 5.75 Å². The van der Waals surface area contributed by atoms with Gasteiger partial charge in [-0.05, 0) is 17.7 Å². The molecule has 2 heterocycles. The number of H-pyrrole nitrogens is 2. The Labute approximate surface area is 112 Å².